The highest BCUT2D eigenvalue weighted by Crippen LogP contribution is 2.21. The van der Waals surface area contributed by atoms with Crippen molar-refractivity contribution in [1.29, 1.82) is 0 Å². The summed E-state index contributed by atoms with van der Waals surface area (Å²) in [6.45, 7) is 1.99. The van der Waals surface area contributed by atoms with Crippen molar-refractivity contribution in [3.63, 3.8) is 0 Å². The summed E-state index contributed by atoms with van der Waals surface area (Å²) in [5.74, 6) is -0.0214. The summed E-state index contributed by atoms with van der Waals surface area (Å²) >= 11 is 3.41. The Morgan fingerprint density at radius 2 is 2.12 bits per heavy atom. The van der Waals surface area contributed by atoms with Crippen LogP contribution in [0.5, 0.6) is 0 Å². The SMILES string of the molecule is Cc1ccc(C(=O)c2ccnn2C)c(Br)c1. The van der Waals surface area contributed by atoms with Crippen molar-refractivity contribution in [1.82, 2.24) is 9.78 Å². The van der Waals surface area contributed by atoms with Gasteiger partial charge in [0.2, 0.25) is 5.78 Å². The summed E-state index contributed by atoms with van der Waals surface area (Å²) in [6.07, 6.45) is 1.62. The van der Waals surface area contributed by atoms with Gasteiger partial charge in [0.1, 0.15) is 5.69 Å². The molecule has 0 saturated heterocycles. The second-order valence-electron chi connectivity index (χ2n) is 3.65. The number of ketones is 1. The number of carbonyl (C=O) groups excluding carboxylic acids is 1. The minimum atomic E-state index is -0.0214. The molecule has 0 aliphatic heterocycles. The topological polar surface area (TPSA) is 34.9 Å². The standard InChI is InChI=1S/C12H11BrN2O/c1-8-3-4-9(10(13)7-8)12(16)11-5-6-14-15(11)2/h3-7H,1-2H3. The maximum atomic E-state index is 12.2. The second kappa shape index (κ2) is 4.22. The van der Waals surface area contributed by atoms with Crippen molar-refractivity contribution in [3.05, 3.63) is 51.8 Å². The molecule has 2 rings (SSSR count). The summed E-state index contributed by atoms with van der Waals surface area (Å²) in [5.41, 5.74) is 2.37. The van der Waals surface area contributed by atoms with Crippen molar-refractivity contribution >= 4 is 21.7 Å². The fourth-order valence-corrected chi connectivity index (χ4v) is 2.21. The van der Waals surface area contributed by atoms with Gasteiger partial charge in [-0.15, -0.1) is 0 Å². The second-order valence-corrected chi connectivity index (χ2v) is 4.51. The molecule has 3 nitrogen and oxygen atoms in total. The van der Waals surface area contributed by atoms with Crippen LogP contribution in [0.3, 0.4) is 0 Å². The van der Waals surface area contributed by atoms with E-state index in [1.807, 2.05) is 25.1 Å². The number of nitrogens with zero attached hydrogens (tertiary/aromatic N) is 2. The smallest absolute Gasteiger partial charge is 0.212 e. The Hall–Kier alpha value is -1.42. The Morgan fingerprint density at radius 3 is 2.69 bits per heavy atom. The summed E-state index contributed by atoms with van der Waals surface area (Å²) in [4.78, 5) is 12.2. The zero-order chi connectivity index (χ0) is 11.7. The van der Waals surface area contributed by atoms with E-state index in [1.54, 1.807) is 24.0 Å². The normalized spacial score (nSPS) is 10.4. The lowest BCUT2D eigenvalue weighted by atomic mass is 10.1. The Labute approximate surface area is 102 Å². The summed E-state index contributed by atoms with van der Waals surface area (Å²) in [7, 11) is 1.76. The maximum Gasteiger partial charge on any atom is 0.212 e. The highest BCUT2D eigenvalue weighted by molar-refractivity contribution is 9.10. The molecule has 0 aliphatic rings. The molecule has 0 unspecified atom stereocenters. The first-order valence-corrected chi connectivity index (χ1v) is 5.68. The molecule has 0 N–H and O–H groups in total. The maximum absolute atomic E-state index is 12.2. The molecule has 0 amide bonds. The molecular weight excluding hydrogens is 268 g/mol. The quantitative estimate of drug-likeness (QED) is 0.792. The van der Waals surface area contributed by atoms with Crippen molar-refractivity contribution in [2.24, 2.45) is 7.05 Å². The molecule has 0 aliphatic carbocycles. The van der Waals surface area contributed by atoms with E-state index in [1.165, 1.54) is 0 Å². The van der Waals surface area contributed by atoms with Crippen LogP contribution in [0.25, 0.3) is 0 Å². The largest absolute Gasteiger partial charge is 0.287 e. The molecule has 0 spiro atoms. The number of hydrogen-bond acceptors (Lipinski definition) is 2. The van der Waals surface area contributed by atoms with Crippen LogP contribution in [0.15, 0.2) is 34.9 Å². The van der Waals surface area contributed by atoms with Gasteiger partial charge in [-0.2, -0.15) is 5.10 Å². The minimum absolute atomic E-state index is 0.0214. The Bertz CT molecular complexity index is 546. The lowest BCUT2D eigenvalue weighted by molar-refractivity contribution is 0.102. The van der Waals surface area contributed by atoms with Gasteiger partial charge >= 0.3 is 0 Å². The first-order valence-electron chi connectivity index (χ1n) is 4.88. The molecule has 0 fully saturated rings. The van der Waals surface area contributed by atoms with Crippen LogP contribution in [0.4, 0.5) is 0 Å². The predicted molar refractivity (Wildman–Crippen MR) is 65.5 cm³/mol. The highest BCUT2D eigenvalue weighted by Gasteiger charge is 2.15. The molecule has 82 valence electrons. The Morgan fingerprint density at radius 1 is 1.38 bits per heavy atom. The highest BCUT2D eigenvalue weighted by atomic mass is 79.9. The van der Waals surface area contributed by atoms with Gasteiger partial charge in [-0.25, -0.2) is 0 Å². The van der Waals surface area contributed by atoms with Crippen molar-refractivity contribution in [3.8, 4) is 0 Å². The van der Waals surface area contributed by atoms with E-state index in [2.05, 4.69) is 21.0 Å². The number of aromatic nitrogens is 2. The number of carbonyl (C=O) groups is 1. The van der Waals surface area contributed by atoms with E-state index >= 15 is 0 Å². The zero-order valence-corrected chi connectivity index (χ0v) is 10.7. The lowest BCUT2D eigenvalue weighted by Gasteiger charge is -2.04. The zero-order valence-electron chi connectivity index (χ0n) is 9.07. The van der Waals surface area contributed by atoms with Crippen LogP contribution < -0.4 is 0 Å². The number of rotatable bonds is 2. The molecule has 1 heterocycles. The molecule has 1 aromatic carbocycles. The lowest BCUT2D eigenvalue weighted by Crippen LogP contribution is -2.08. The molecule has 0 radical (unpaired) electrons. The number of hydrogen-bond donors (Lipinski definition) is 0. The third-order valence-corrected chi connectivity index (χ3v) is 3.08. The van der Waals surface area contributed by atoms with E-state index in [4.69, 9.17) is 0 Å². The van der Waals surface area contributed by atoms with Crippen LogP contribution in [0.1, 0.15) is 21.6 Å². The molecule has 2 aromatic rings. The van der Waals surface area contributed by atoms with E-state index in [9.17, 15) is 4.79 Å². The predicted octanol–water partition coefficient (Wildman–Crippen LogP) is 2.72. The van der Waals surface area contributed by atoms with E-state index < -0.39 is 0 Å². The van der Waals surface area contributed by atoms with Crippen molar-refractivity contribution < 1.29 is 4.79 Å². The van der Waals surface area contributed by atoms with Gasteiger partial charge in [0.05, 0.1) is 0 Å². The van der Waals surface area contributed by atoms with Gasteiger partial charge in [-0.1, -0.05) is 22.0 Å². The molecule has 1 aromatic heterocycles. The van der Waals surface area contributed by atoms with Gasteiger partial charge < -0.3 is 0 Å². The molecule has 0 saturated carbocycles. The van der Waals surface area contributed by atoms with E-state index in [-0.39, 0.29) is 5.78 Å². The molecule has 4 heteroatoms. The number of benzene rings is 1. The molecular formula is C12H11BrN2O. The fraction of sp³-hybridized carbons (Fsp3) is 0.167. The monoisotopic (exact) mass is 278 g/mol. The van der Waals surface area contributed by atoms with Crippen LogP contribution in [-0.2, 0) is 7.05 Å². The van der Waals surface area contributed by atoms with Gasteiger partial charge in [0, 0.05) is 23.3 Å². The average molecular weight is 279 g/mol. The fourth-order valence-electron chi connectivity index (χ4n) is 1.54. The van der Waals surface area contributed by atoms with Crippen molar-refractivity contribution in [2.75, 3.05) is 0 Å². The average Bonchev–Trinajstić information content (AvgIpc) is 2.63. The minimum Gasteiger partial charge on any atom is -0.287 e. The summed E-state index contributed by atoms with van der Waals surface area (Å²) in [6, 6.07) is 7.40. The molecule has 16 heavy (non-hydrogen) atoms. The first kappa shape index (κ1) is 11.1. The van der Waals surface area contributed by atoms with Crippen LogP contribution >= 0.6 is 15.9 Å². The number of aryl methyl sites for hydroxylation is 2. The third kappa shape index (κ3) is 1.93. The Kier molecular flexibility index (Phi) is 2.92. The van der Waals surface area contributed by atoms with Gasteiger partial charge in [0.15, 0.2) is 0 Å². The van der Waals surface area contributed by atoms with Gasteiger partial charge in [0.25, 0.3) is 0 Å². The number of halogens is 1. The van der Waals surface area contributed by atoms with Crippen LogP contribution in [0, 0.1) is 6.92 Å². The summed E-state index contributed by atoms with van der Waals surface area (Å²) < 4.78 is 2.40. The van der Waals surface area contributed by atoms with Crippen LogP contribution in [0.2, 0.25) is 0 Å². The van der Waals surface area contributed by atoms with E-state index in [0.717, 1.165) is 10.0 Å². The van der Waals surface area contributed by atoms with Gasteiger partial charge in [-0.3, -0.25) is 9.48 Å². The molecule has 0 atom stereocenters. The van der Waals surface area contributed by atoms with Crippen molar-refractivity contribution in [2.45, 2.75) is 6.92 Å². The first-order chi connectivity index (χ1) is 7.59. The summed E-state index contributed by atoms with van der Waals surface area (Å²) in [5, 5.41) is 3.99. The van der Waals surface area contributed by atoms with Gasteiger partial charge in [-0.05, 0) is 30.7 Å². The van der Waals surface area contributed by atoms with Crippen LogP contribution in [-0.4, -0.2) is 15.6 Å². The molecule has 0 bridgehead atoms. The third-order valence-electron chi connectivity index (χ3n) is 2.42. The Balaban J connectivity index is 2.46. The van der Waals surface area contributed by atoms with E-state index in [0.29, 0.717) is 11.3 Å².